The third-order valence-corrected chi connectivity index (χ3v) is 4.15. The van der Waals surface area contributed by atoms with Crippen LogP contribution in [0.25, 0.3) is 5.70 Å². The second-order valence-corrected chi connectivity index (χ2v) is 6.20. The monoisotopic (exact) mass is 415 g/mol. The highest BCUT2D eigenvalue weighted by atomic mass is 127. The van der Waals surface area contributed by atoms with Gasteiger partial charge >= 0.3 is 0 Å². The summed E-state index contributed by atoms with van der Waals surface area (Å²) in [4.78, 5) is 13.0. The molecular formula is C13H10ClF3INO. The van der Waals surface area contributed by atoms with Gasteiger partial charge in [0.15, 0.2) is 0 Å². The Labute approximate surface area is 132 Å². The van der Waals surface area contributed by atoms with Gasteiger partial charge in [-0.05, 0) is 24.6 Å². The zero-order chi connectivity index (χ0) is 14.9. The minimum Gasteiger partial charge on any atom is -0.305 e. The summed E-state index contributed by atoms with van der Waals surface area (Å²) in [6.07, 6.45) is -0.691. The molecule has 1 amide bonds. The van der Waals surface area contributed by atoms with Gasteiger partial charge in [-0.3, -0.25) is 4.79 Å². The molecule has 0 aliphatic carbocycles. The van der Waals surface area contributed by atoms with Gasteiger partial charge in [0.25, 0.3) is 6.43 Å². The van der Waals surface area contributed by atoms with Crippen molar-refractivity contribution in [2.45, 2.75) is 16.8 Å². The highest BCUT2D eigenvalue weighted by Gasteiger charge is 2.32. The molecule has 2 rings (SSSR count). The predicted molar refractivity (Wildman–Crippen MR) is 79.5 cm³/mol. The second-order valence-electron chi connectivity index (χ2n) is 4.26. The van der Waals surface area contributed by atoms with Gasteiger partial charge in [-0.2, -0.15) is 0 Å². The van der Waals surface area contributed by atoms with Crippen molar-refractivity contribution in [2.24, 2.45) is 0 Å². The van der Waals surface area contributed by atoms with E-state index in [1.54, 1.807) is 6.08 Å². The van der Waals surface area contributed by atoms with Crippen LogP contribution in [0, 0.1) is 5.82 Å². The molecule has 0 N–H and O–H groups in total. The number of amides is 1. The fraction of sp³-hybridized carbons (Fsp3) is 0.308. The molecule has 1 heterocycles. The van der Waals surface area contributed by atoms with Gasteiger partial charge in [0, 0.05) is 10.6 Å². The summed E-state index contributed by atoms with van der Waals surface area (Å²) in [5.41, 5.74) is 0.282. The number of halogens is 5. The van der Waals surface area contributed by atoms with Gasteiger partial charge < -0.3 is 4.90 Å². The van der Waals surface area contributed by atoms with E-state index in [1.807, 2.05) is 22.6 Å². The summed E-state index contributed by atoms with van der Waals surface area (Å²) >= 11 is 7.56. The Bertz CT molecular complexity index is 565. The Hall–Kier alpha value is -0.760. The molecule has 0 bridgehead atoms. The van der Waals surface area contributed by atoms with Gasteiger partial charge in [0.1, 0.15) is 5.82 Å². The van der Waals surface area contributed by atoms with Crippen LogP contribution >= 0.6 is 34.2 Å². The molecule has 0 saturated heterocycles. The number of carbonyl (C=O) groups is 1. The lowest BCUT2D eigenvalue weighted by atomic mass is 10.0. The minimum atomic E-state index is -2.68. The maximum absolute atomic E-state index is 13.9. The number of hydrogen-bond donors (Lipinski definition) is 0. The number of carbonyl (C=O) groups excluding carboxylic acids is 1. The molecule has 0 spiro atoms. The number of alkyl halides is 3. The fourth-order valence-electron chi connectivity index (χ4n) is 1.99. The second kappa shape index (κ2) is 6.34. The van der Waals surface area contributed by atoms with E-state index in [0.717, 1.165) is 11.0 Å². The molecule has 0 aromatic heterocycles. The summed E-state index contributed by atoms with van der Waals surface area (Å²) in [6, 6.07) is 3.95. The van der Waals surface area contributed by atoms with Gasteiger partial charge in [-0.25, -0.2) is 13.2 Å². The number of rotatable bonds is 3. The molecule has 1 aromatic rings. The Morgan fingerprint density at radius 3 is 2.75 bits per heavy atom. The van der Waals surface area contributed by atoms with Crippen molar-refractivity contribution >= 4 is 45.8 Å². The minimum absolute atomic E-state index is 0.103. The third kappa shape index (κ3) is 3.28. The highest BCUT2D eigenvalue weighted by molar-refractivity contribution is 14.1. The average molecular weight is 416 g/mol. The third-order valence-electron chi connectivity index (χ3n) is 2.87. The van der Waals surface area contributed by atoms with Crippen molar-refractivity contribution in [2.75, 3.05) is 6.54 Å². The molecular weight excluding hydrogens is 406 g/mol. The van der Waals surface area contributed by atoms with Crippen LogP contribution in [0.15, 0.2) is 24.3 Å². The molecule has 1 unspecified atom stereocenters. The molecule has 0 radical (unpaired) electrons. The molecule has 1 aromatic carbocycles. The summed E-state index contributed by atoms with van der Waals surface area (Å²) in [5.74, 6) is -1.07. The molecule has 1 aliphatic rings. The fourth-order valence-corrected chi connectivity index (χ4v) is 2.74. The van der Waals surface area contributed by atoms with Crippen molar-refractivity contribution in [1.29, 1.82) is 0 Å². The van der Waals surface area contributed by atoms with Crippen LogP contribution < -0.4 is 0 Å². The topological polar surface area (TPSA) is 20.3 Å². The number of benzene rings is 1. The summed E-state index contributed by atoms with van der Waals surface area (Å²) in [7, 11) is 0. The van der Waals surface area contributed by atoms with E-state index in [2.05, 4.69) is 0 Å². The van der Waals surface area contributed by atoms with E-state index < -0.39 is 28.6 Å². The maximum Gasteiger partial charge on any atom is 0.256 e. The van der Waals surface area contributed by atoms with Gasteiger partial charge in [-0.1, -0.05) is 40.3 Å². The van der Waals surface area contributed by atoms with E-state index in [-0.39, 0.29) is 16.3 Å². The smallest absolute Gasteiger partial charge is 0.256 e. The molecule has 108 valence electrons. The molecule has 1 atom stereocenters. The first kappa shape index (κ1) is 15.6. The van der Waals surface area contributed by atoms with Crippen LogP contribution in [0.1, 0.15) is 12.0 Å². The van der Waals surface area contributed by atoms with Crippen LogP contribution in [0.4, 0.5) is 13.2 Å². The number of nitrogens with zero attached hydrogens (tertiary/aromatic N) is 1. The molecule has 7 heteroatoms. The zero-order valence-electron chi connectivity index (χ0n) is 10.1. The first-order valence-electron chi connectivity index (χ1n) is 5.79. The van der Waals surface area contributed by atoms with E-state index in [9.17, 15) is 18.0 Å². The Balaban J connectivity index is 2.43. The van der Waals surface area contributed by atoms with Crippen LogP contribution in [0.3, 0.4) is 0 Å². The van der Waals surface area contributed by atoms with E-state index in [0.29, 0.717) is 6.42 Å². The molecule has 0 fully saturated rings. The molecule has 20 heavy (non-hydrogen) atoms. The first-order valence-corrected chi connectivity index (χ1v) is 7.41. The van der Waals surface area contributed by atoms with Crippen molar-refractivity contribution < 1.29 is 18.0 Å². The maximum atomic E-state index is 13.9. The Morgan fingerprint density at radius 1 is 1.45 bits per heavy atom. The standard InChI is InChI=1S/C13H10ClF3INO/c14-7-1-2-8(9(15)5-7)11-4-3-10(18)13(20)19(11)6-12(16)17/h1-2,4-5,10,12H,3,6H2. The quantitative estimate of drug-likeness (QED) is 0.537. The lowest BCUT2D eigenvalue weighted by Gasteiger charge is -2.31. The van der Waals surface area contributed by atoms with Crippen molar-refractivity contribution in [1.82, 2.24) is 4.90 Å². The van der Waals surface area contributed by atoms with E-state index in [4.69, 9.17) is 11.6 Å². The zero-order valence-corrected chi connectivity index (χ0v) is 13.0. The van der Waals surface area contributed by atoms with Crippen molar-refractivity contribution in [3.05, 3.63) is 40.7 Å². The Morgan fingerprint density at radius 2 is 2.15 bits per heavy atom. The molecule has 1 aliphatic heterocycles. The average Bonchev–Trinajstić information content (AvgIpc) is 2.36. The van der Waals surface area contributed by atoms with Gasteiger partial charge in [0.2, 0.25) is 5.91 Å². The van der Waals surface area contributed by atoms with Crippen LogP contribution in [0.5, 0.6) is 0 Å². The van der Waals surface area contributed by atoms with Crippen LogP contribution in [-0.2, 0) is 4.79 Å². The van der Waals surface area contributed by atoms with Gasteiger partial charge in [-0.15, -0.1) is 0 Å². The normalized spacial score (nSPS) is 19.5. The van der Waals surface area contributed by atoms with Crippen LogP contribution in [-0.4, -0.2) is 27.7 Å². The van der Waals surface area contributed by atoms with Crippen molar-refractivity contribution in [3.63, 3.8) is 0 Å². The van der Waals surface area contributed by atoms with E-state index in [1.165, 1.54) is 12.1 Å². The predicted octanol–water partition coefficient (Wildman–Crippen LogP) is 4.12. The Kier molecular flexibility index (Phi) is 4.95. The lowest BCUT2D eigenvalue weighted by molar-refractivity contribution is -0.128. The van der Waals surface area contributed by atoms with Crippen LogP contribution in [0.2, 0.25) is 5.02 Å². The summed E-state index contributed by atoms with van der Waals surface area (Å²) < 4.78 is 38.8. The summed E-state index contributed by atoms with van der Waals surface area (Å²) in [6.45, 7) is -0.744. The number of allylic oxidation sites excluding steroid dienone is 1. The lowest BCUT2D eigenvalue weighted by Crippen LogP contribution is -2.41. The van der Waals surface area contributed by atoms with Gasteiger partial charge in [0.05, 0.1) is 16.2 Å². The van der Waals surface area contributed by atoms with E-state index >= 15 is 0 Å². The SMILES string of the molecule is O=C1C(I)CC=C(c2ccc(Cl)cc2F)N1CC(F)F. The molecule has 2 nitrogen and oxygen atoms in total. The largest absolute Gasteiger partial charge is 0.305 e. The number of hydrogen-bond acceptors (Lipinski definition) is 1. The first-order chi connectivity index (χ1) is 9.40. The highest BCUT2D eigenvalue weighted by Crippen LogP contribution is 2.31. The van der Waals surface area contributed by atoms with Crippen molar-refractivity contribution in [3.8, 4) is 0 Å². The summed E-state index contributed by atoms with van der Waals surface area (Å²) in [5, 5.41) is 0.209. The molecule has 0 saturated carbocycles.